The van der Waals surface area contributed by atoms with E-state index in [0.717, 1.165) is 0 Å². The number of hydrogen-bond donors (Lipinski definition) is 3. The predicted molar refractivity (Wildman–Crippen MR) is 79.9 cm³/mol. The Bertz CT molecular complexity index is 580. The van der Waals surface area contributed by atoms with Crippen LogP contribution in [0.5, 0.6) is 0 Å². The van der Waals surface area contributed by atoms with Crippen molar-refractivity contribution in [1.82, 2.24) is 24.5 Å². The van der Waals surface area contributed by atoms with Crippen LogP contribution in [0.2, 0.25) is 0 Å². The minimum absolute atomic E-state index is 0.111. The molecule has 21 heavy (non-hydrogen) atoms. The normalized spacial score (nSPS) is 14.1. The highest BCUT2D eigenvalue weighted by molar-refractivity contribution is 5.35. The van der Waals surface area contributed by atoms with Gasteiger partial charge >= 0.3 is 0 Å². The van der Waals surface area contributed by atoms with Crippen LogP contribution in [0.4, 0.5) is 11.9 Å². The number of aliphatic hydroxyl groups is 1. The summed E-state index contributed by atoms with van der Waals surface area (Å²) in [6.45, 7) is 6.23. The van der Waals surface area contributed by atoms with Crippen molar-refractivity contribution >= 4 is 11.9 Å². The lowest BCUT2D eigenvalue weighted by atomic mass is 9.94. The van der Waals surface area contributed by atoms with Gasteiger partial charge in [0.15, 0.2) is 0 Å². The average Bonchev–Trinajstić information content (AvgIpc) is 2.88. The van der Waals surface area contributed by atoms with Gasteiger partial charge in [-0.1, -0.05) is 13.8 Å². The lowest BCUT2D eigenvalue weighted by molar-refractivity contribution is 0.0514. The van der Waals surface area contributed by atoms with Crippen molar-refractivity contribution in [2.45, 2.75) is 32.8 Å². The second kappa shape index (κ2) is 6.04. The molecular weight excluding hydrogens is 270 g/mol. The first-order valence-electron chi connectivity index (χ1n) is 6.82. The SMILES string of the molecule is CC(C)CC(C)(O)CNc1nc(N)nc(-n2ccnc2)n1. The van der Waals surface area contributed by atoms with Crippen molar-refractivity contribution in [3.05, 3.63) is 18.7 Å². The second-order valence-electron chi connectivity index (χ2n) is 5.74. The highest BCUT2D eigenvalue weighted by Gasteiger charge is 2.22. The van der Waals surface area contributed by atoms with Gasteiger partial charge in [-0.25, -0.2) is 4.98 Å². The molecule has 0 bridgehead atoms. The van der Waals surface area contributed by atoms with E-state index in [-0.39, 0.29) is 5.95 Å². The summed E-state index contributed by atoms with van der Waals surface area (Å²) in [6.07, 6.45) is 5.59. The Morgan fingerprint density at radius 1 is 1.38 bits per heavy atom. The van der Waals surface area contributed by atoms with Crippen LogP contribution in [0.1, 0.15) is 27.2 Å². The molecular formula is C13H21N7O. The van der Waals surface area contributed by atoms with Crippen LogP contribution in [-0.2, 0) is 0 Å². The van der Waals surface area contributed by atoms with Crippen molar-refractivity contribution < 1.29 is 5.11 Å². The number of nitrogens with zero attached hydrogens (tertiary/aromatic N) is 5. The minimum atomic E-state index is -0.843. The van der Waals surface area contributed by atoms with Gasteiger partial charge in [0, 0.05) is 18.9 Å². The van der Waals surface area contributed by atoms with Gasteiger partial charge in [0.25, 0.3) is 0 Å². The van der Waals surface area contributed by atoms with Gasteiger partial charge in [-0.15, -0.1) is 0 Å². The van der Waals surface area contributed by atoms with Crippen molar-refractivity contribution in [3.8, 4) is 5.95 Å². The molecule has 114 valence electrons. The number of nitrogens with two attached hydrogens (primary N) is 1. The van der Waals surface area contributed by atoms with Gasteiger partial charge in [0.2, 0.25) is 17.8 Å². The second-order valence-corrected chi connectivity index (χ2v) is 5.74. The quantitative estimate of drug-likeness (QED) is 0.722. The lowest BCUT2D eigenvalue weighted by Crippen LogP contribution is -2.35. The molecule has 2 aromatic rings. The third kappa shape index (κ3) is 4.38. The fraction of sp³-hybridized carbons (Fsp3) is 0.538. The molecule has 0 aliphatic carbocycles. The summed E-state index contributed by atoms with van der Waals surface area (Å²) in [7, 11) is 0. The molecule has 8 nitrogen and oxygen atoms in total. The molecule has 0 fully saturated rings. The van der Waals surface area contributed by atoms with Crippen LogP contribution >= 0.6 is 0 Å². The molecule has 0 saturated heterocycles. The maximum absolute atomic E-state index is 10.3. The van der Waals surface area contributed by atoms with Gasteiger partial charge in [0.05, 0.1) is 5.60 Å². The monoisotopic (exact) mass is 291 g/mol. The van der Waals surface area contributed by atoms with Crippen molar-refractivity contribution in [1.29, 1.82) is 0 Å². The van der Waals surface area contributed by atoms with Gasteiger partial charge in [0.1, 0.15) is 6.33 Å². The number of aromatic nitrogens is 5. The molecule has 1 atom stereocenters. The Kier molecular flexibility index (Phi) is 4.37. The number of imidazole rings is 1. The zero-order valence-electron chi connectivity index (χ0n) is 12.5. The van der Waals surface area contributed by atoms with Gasteiger partial charge < -0.3 is 16.2 Å². The third-order valence-electron chi connectivity index (χ3n) is 2.85. The molecule has 2 heterocycles. The fourth-order valence-electron chi connectivity index (χ4n) is 2.17. The van der Waals surface area contributed by atoms with Crippen LogP contribution in [0.3, 0.4) is 0 Å². The van der Waals surface area contributed by atoms with E-state index in [0.29, 0.717) is 30.8 Å². The van der Waals surface area contributed by atoms with Gasteiger partial charge in [-0.2, -0.15) is 15.0 Å². The van der Waals surface area contributed by atoms with Crippen LogP contribution in [0, 0.1) is 5.92 Å². The maximum atomic E-state index is 10.3. The van der Waals surface area contributed by atoms with Crippen molar-refractivity contribution in [2.24, 2.45) is 5.92 Å². The summed E-state index contributed by atoms with van der Waals surface area (Å²) in [5, 5.41) is 13.3. The predicted octanol–water partition coefficient (Wildman–Crippen LogP) is 0.848. The first-order chi connectivity index (χ1) is 9.85. The summed E-state index contributed by atoms with van der Waals surface area (Å²) in [5.41, 5.74) is 4.84. The summed E-state index contributed by atoms with van der Waals surface area (Å²) in [5.74, 6) is 1.22. The summed E-state index contributed by atoms with van der Waals surface area (Å²) in [4.78, 5) is 16.3. The van der Waals surface area contributed by atoms with E-state index in [1.165, 1.54) is 0 Å². The molecule has 0 saturated carbocycles. The Balaban J connectivity index is 2.10. The van der Waals surface area contributed by atoms with E-state index in [2.05, 4.69) is 39.1 Å². The van der Waals surface area contributed by atoms with E-state index < -0.39 is 5.60 Å². The summed E-state index contributed by atoms with van der Waals surface area (Å²) < 4.78 is 1.63. The minimum Gasteiger partial charge on any atom is -0.388 e. The molecule has 2 aromatic heterocycles. The molecule has 0 aliphatic heterocycles. The molecule has 4 N–H and O–H groups in total. The Labute approximate surface area is 123 Å². The Morgan fingerprint density at radius 2 is 2.14 bits per heavy atom. The summed E-state index contributed by atoms with van der Waals surface area (Å²) >= 11 is 0. The highest BCUT2D eigenvalue weighted by atomic mass is 16.3. The maximum Gasteiger partial charge on any atom is 0.241 e. The van der Waals surface area contributed by atoms with E-state index in [4.69, 9.17) is 5.73 Å². The molecule has 0 radical (unpaired) electrons. The van der Waals surface area contributed by atoms with E-state index in [1.54, 1.807) is 30.2 Å². The van der Waals surface area contributed by atoms with Crippen LogP contribution in [0.15, 0.2) is 18.7 Å². The van der Waals surface area contributed by atoms with E-state index >= 15 is 0 Å². The number of nitrogen functional groups attached to an aromatic ring is 1. The average molecular weight is 291 g/mol. The van der Waals surface area contributed by atoms with Crippen LogP contribution in [-0.4, -0.2) is 41.8 Å². The first-order valence-corrected chi connectivity index (χ1v) is 6.82. The molecule has 8 heteroatoms. The number of nitrogens with one attached hydrogen (secondary N) is 1. The lowest BCUT2D eigenvalue weighted by Gasteiger charge is -2.25. The molecule has 0 amide bonds. The highest BCUT2D eigenvalue weighted by Crippen LogP contribution is 2.17. The standard InChI is InChI=1S/C13H21N7O/c1-9(2)6-13(3,21)7-16-11-17-10(14)18-12(19-11)20-5-4-15-8-20/h4-5,8-9,21H,6-7H2,1-3H3,(H3,14,16,17,18,19). The number of hydrogen-bond acceptors (Lipinski definition) is 7. The summed E-state index contributed by atoms with van der Waals surface area (Å²) in [6, 6.07) is 0. The zero-order chi connectivity index (χ0) is 15.5. The molecule has 0 aliphatic rings. The van der Waals surface area contributed by atoms with Crippen molar-refractivity contribution in [2.75, 3.05) is 17.6 Å². The van der Waals surface area contributed by atoms with E-state index in [9.17, 15) is 5.11 Å². The Morgan fingerprint density at radius 3 is 2.76 bits per heavy atom. The number of rotatable bonds is 6. The van der Waals surface area contributed by atoms with E-state index in [1.807, 2.05) is 0 Å². The first kappa shape index (κ1) is 15.2. The largest absolute Gasteiger partial charge is 0.388 e. The van der Waals surface area contributed by atoms with Gasteiger partial charge in [-0.3, -0.25) is 4.57 Å². The molecule has 2 rings (SSSR count). The van der Waals surface area contributed by atoms with Crippen LogP contribution in [0.25, 0.3) is 5.95 Å². The fourth-order valence-corrected chi connectivity index (χ4v) is 2.17. The molecule has 0 spiro atoms. The topological polar surface area (TPSA) is 115 Å². The molecule has 1 unspecified atom stereocenters. The third-order valence-corrected chi connectivity index (χ3v) is 2.85. The number of anilines is 2. The molecule has 0 aromatic carbocycles. The Hall–Kier alpha value is -2.22. The van der Waals surface area contributed by atoms with Gasteiger partial charge in [-0.05, 0) is 19.3 Å². The zero-order valence-corrected chi connectivity index (χ0v) is 12.5. The van der Waals surface area contributed by atoms with Crippen molar-refractivity contribution in [3.63, 3.8) is 0 Å². The smallest absolute Gasteiger partial charge is 0.241 e. The van der Waals surface area contributed by atoms with Crippen LogP contribution < -0.4 is 11.1 Å².